The zero-order valence-electron chi connectivity index (χ0n) is 8.45. The molecule has 1 fully saturated rings. The van der Waals surface area contributed by atoms with Crippen molar-refractivity contribution >= 4 is 10.0 Å². The molecule has 0 radical (unpaired) electrons. The third kappa shape index (κ3) is 3.53. The molecule has 0 bridgehead atoms. The van der Waals surface area contributed by atoms with Crippen LogP contribution in [0.15, 0.2) is 0 Å². The van der Waals surface area contributed by atoms with E-state index in [1.807, 2.05) is 0 Å². The van der Waals surface area contributed by atoms with Gasteiger partial charge in [0.2, 0.25) is 10.0 Å². The Balaban J connectivity index is 2.38. The molecule has 6 heteroatoms. The Labute approximate surface area is 85.3 Å². The second-order valence-electron chi connectivity index (χ2n) is 3.38. The molecule has 84 valence electrons. The van der Waals surface area contributed by atoms with Crippen molar-refractivity contribution in [3.05, 3.63) is 0 Å². The standard InChI is InChI=1S/C8H18N2O3S/c1-13-7-6-10-14(11,12)8-2-4-9-5-3-8/h8-10H,2-7H2,1H3. The van der Waals surface area contributed by atoms with Crippen LogP contribution < -0.4 is 10.0 Å². The van der Waals surface area contributed by atoms with Crippen molar-refractivity contribution in [2.24, 2.45) is 0 Å². The number of hydrogen-bond acceptors (Lipinski definition) is 4. The lowest BCUT2D eigenvalue weighted by atomic mass is 10.2. The predicted octanol–water partition coefficient (Wildman–Crippen LogP) is -0.696. The molecule has 0 aromatic carbocycles. The molecular weight excluding hydrogens is 204 g/mol. The minimum Gasteiger partial charge on any atom is -0.383 e. The van der Waals surface area contributed by atoms with Crippen molar-refractivity contribution in [3.63, 3.8) is 0 Å². The third-order valence-electron chi connectivity index (χ3n) is 2.33. The molecule has 0 unspecified atom stereocenters. The normalized spacial score (nSPS) is 19.8. The lowest BCUT2D eigenvalue weighted by Gasteiger charge is -2.22. The Morgan fingerprint density at radius 3 is 2.64 bits per heavy atom. The van der Waals surface area contributed by atoms with Crippen molar-refractivity contribution in [1.82, 2.24) is 10.0 Å². The Bertz CT molecular complexity index is 247. The van der Waals surface area contributed by atoms with Crippen LogP contribution in [0.5, 0.6) is 0 Å². The summed E-state index contributed by atoms with van der Waals surface area (Å²) in [6, 6.07) is 0. The SMILES string of the molecule is COCCNS(=O)(=O)C1CCNCC1. The Morgan fingerprint density at radius 2 is 2.07 bits per heavy atom. The number of ether oxygens (including phenoxy) is 1. The van der Waals surface area contributed by atoms with Crippen LogP contribution in [0.25, 0.3) is 0 Å². The average Bonchev–Trinajstić information content (AvgIpc) is 2.19. The molecular formula is C8H18N2O3S. The molecule has 0 saturated carbocycles. The molecule has 5 nitrogen and oxygen atoms in total. The number of rotatable bonds is 5. The van der Waals surface area contributed by atoms with Crippen molar-refractivity contribution in [2.75, 3.05) is 33.4 Å². The lowest BCUT2D eigenvalue weighted by Crippen LogP contribution is -2.42. The second kappa shape index (κ2) is 5.65. The summed E-state index contributed by atoms with van der Waals surface area (Å²) >= 11 is 0. The van der Waals surface area contributed by atoms with Crippen LogP contribution in [0.4, 0.5) is 0 Å². The molecule has 0 aliphatic carbocycles. The minimum absolute atomic E-state index is 0.236. The molecule has 0 spiro atoms. The van der Waals surface area contributed by atoms with Crippen LogP contribution in [0, 0.1) is 0 Å². The number of sulfonamides is 1. The fourth-order valence-corrected chi connectivity index (χ4v) is 2.97. The highest BCUT2D eigenvalue weighted by Gasteiger charge is 2.26. The molecule has 1 aliphatic heterocycles. The highest BCUT2D eigenvalue weighted by atomic mass is 32.2. The van der Waals surface area contributed by atoms with Gasteiger partial charge in [-0.2, -0.15) is 0 Å². The fourth-order valence-electron chi connectivity index (χ4n) is 1.51. The van der Waals surface area contributed by atoms with Gasteiger partial charge in [0.15, 0.2) is 0 Å². The molecule has 0 amide bonds. The molecule has 2 N–H and O–H groups in total. The third-order valence-corrected chi connectivity index (χ3v) is 4.29. The Kier molecular flexibility index (Phi) is 4.80. The lowest BCUT2D eigenvalue weighted by molar-refractivity contribution is 0.204. The van der Waals surface area contributed by atoms with E-state index in [9.17, 15) is 8.42 Å². The van der Waals surface area contributed by atoms with Gasteiger partial charge < -0.3 is 10.1 Å². The summed E-state index contributed by atoms with van der Waals surface area (Å²) < 4.78 is 30.7. The van der Waals surface area contributed by atoms with Gasteiger partial charge in [-0.25, -0.2) is 13.1 Å². The Hall–Kier alpha value is -0.170. The topological polar surface area (TPSA) is 67.4 Å². The predicted molar refractivity (Wildman–Crippen MR) is 54.7 cm³/mol. The minimum atomic E-state index is -3.13. The van der Waals surface area contributed by atoms with Gasteiger partial charge in [0.1, 0.15) is 0 Å². The number of nitrogens with one attached hydrogen (secondary N) is 2. The molecule has 1 saturated heterocycles. The van der Waals surface area contributed by atoms with E-state index in [0.29, 0.717) is 26.0 Å². The molecule has 1 heterocycles. The highest BCUT2D eigenvalue weighted by molar-refractivity contribution is 7.90. The van der Waals surface area contributed by atoms with E-state index in [2.05, 4.69) is 10.0 Å². The van der Waals surface area contributed by atoms with E-state index < -0.39 is 10.0 Å². The van der Waals surface area contributed by atoms with E-state index in [4.69, 9.17) is 4.74 Å². The summed E-state index contributed by atoms with van der Waals surface area (Å²) in [6.07, 6.45) is 1.39. The first-order valence-corrected chi connectivity index (χ1v) is 6.39. The largest absolute Gasteiger partial charge is 0.383 e. The van der Waals surface area contributed by atoms with Crippen molar-refractivity contribution in [3.8, 4) is 0 Å². The van der Waals surface area contributed by atoms with Crippen molar-refractivity contribution in [1.29, 1.82) is 0 Å². The van der Waals surface area contributed by atoms with Crippen LogP contribution in [0.1, 0.15) is 12.8 Å². The molecule has 0 atom stereocenters. The van der Waals surface area contributed by atoms with Gasteiger partial charge in [0, 0.05) is 13.7 Å². The van der Waals surface area contributed by atoms with Gasteiger partial charge in [0.25, 0.3) is 0 Å². The fraction of sp³-hybridized carbons (Fsp3) is 1.00. The molecule has 14 heavy (non-hydrogen) atoms. The molecule has 1 rings (SSSR count). The zero-order valence-corrected chi connectivity index (χ0v) is 9.27. The van der Waals surface area contributed by atoms with Gasteiger partial charge in [-0.05, 0) is 25.9 Å². The maximum Gasteiger partial charge on any atom is 0.214 e. The number of methoxy groups -OCH3 is 1. The van der Waals surface area contributed by atoms with Gasteiger partial charge in [0.05, 0.1) is 11.9 Å². The van der Waals surface area contributed by atoms with Gasteiger partial charge in [-0.3, -0.25) is 0 Å². The van der Waals surface area contributed by atoms with Gasteiger partial charge in [-0.1, -0.05) is 0 Å². The van der Waals surface area contributed by atoms with Crippen molar-refractivity contribution in [2.45, 2.75) is 18.1 Å². The van der Waals surface area contributed by atoms with E-state index in [-0.39, 0.29) is 5.25 Å². The van der Waals surface area contributed by atoms with E-state index in [1.165, 1.54) is 0 Å². The van der Waals surface area contributed by atoms with Gasteiger partial charge in [-0.15, -0.1) is 0 Å². The van der Waals surface area contributed by atoms with Crippen LogP contribution in [-0.2, 0) is 14.8 Å². The monoisotopic (exact) mass is 222 g/mol. The maximum absolute atomic E-state index is 11.7. The van der Waals surface area contributed by atoms with E-state index >= 15 is 0 Å². The maximum atomic E-state index is 11.7. The van der Waals surface area contributed by atoms with Crippen LogP contribution in [-0.4, -0.2) is 47.0 Å². The second-order valence-corrected chi connectivity index (χ2v) is 5.43. The number of piperidine rings is 1. The summed E-state index contributed by atoms with van der Waals surface area (Å²) in [4.78, 5) is 0. The zero-order chi connectivity index (χ0) is 10.4. The summed E-state index contributed by atoms with van der Waals surface area (Å²) in [5.74, 6) is 0. The first kappa shape index (κ1) is 11.9. The molecule has 0 aromatic heterocycles. The quantitative estimate of drug-likeness (QED) is 0.604. The van der Waals surface area contributed by atoms with Gasteiger partial charge >= 0.3 is 0 Å². The first-order valence-electron chi connectivity index (χ1n) is 4.85. The van der Waals surface area contributed by atoms with Crippen LogP contribution >= 0.6 is 0 Å². The highest BCUT2D eigenvalue weighted by Crippen LogP contribution is 2.11. The summed E-state index contributed by atoms with van der Waals surface area (Å²) in [5.41, 5.74) is 0. The average molecular weight is 222 g/mol. The molecule has 0 aromatic rings. The van der Waals surface area contributed by atoms with Crippen LogP contribution in [0.3, 0.4) is 0 Å². The van der Waals surface area contributed by atoms with Crippen molar-refractivity contribution < 1.29 is 13.2 Å². The summed E-state index contributed by atoms with van der Waals surface area (Å²) in [5, 5.41) is 2.90. The summed E-state index contributed by atoms with van der Waals surface area (Å²) in [6.45, 7) is 2.36. The molecule has 1 aliphatic rings. The van der Waals surface area contributed by atoms with Crippen LogP contribution in [0.2, 0.25) is 0 Å². The summed E-state index contributed by atoms with van der Waals surface area (Å²) in [7, 11) is -1.57. The van der Waals surface area contributed by atoms with E-state index in [0.717, 1.165) is 13.1 Å². The number of hydrogen-bond donors (Lipinski definition) is 2. The Morgan fingerprint density at radius 1 is 1.43 bits per heavy atom. The first-order chi connectivity index (χ1) is 6.67. The smallest absolute Gasteiger partial charge is 0.214 e. The van der Waals surface area contributed by atoms with E-state index in [1.54, 1.807) is 7.11 Å².